The molecule has 1 aliphatic carbocycles. The number of aryl methyl sites for hydroxylation is 2. The average Bonchev–Trinajstić information content (AvgIpc) is 2.46. The summed E-state index contributed by atoms with van der Waals surface area (Å²) in [6, 6.07) is 8.64. The first kappa shape index (κ1) is 15.0. The molecule has 0 aliphatic heterocycles. The summed E-state index contributed by atoms with van der Waals surface area (Å²) in [5, 5.41) is 3.05. The van der Waals surface area contributed by atoms with Crippen molar-refractivity contribution in [1.29, 1.82) is 0 Å². The van der Waals surface area contributed by atoms with Crippen LogP contribution in [-0.2, 0) is 11.2 Å². The van der Waals surface area contributed by atoms with Gasteiger partial charge in [-0.15, -0.1) is 0 Å². The number of carbonyl (C=O) groups is 1. The second kappa shape index (κ2) is 7.44. The molecule has 0 bridgehead atoms. The maximum atomic E-state index is 11.9. The number of nitrogens with two attached hydrogens (primary N) is 1. The zero-order valence-electron chi connectivity index (χ0n) is 12.4. The third kappa shape index (κ3) is 4.64. The fraction of sp³-hybridized carbons (Fsp3) is 0.588. The number of nitrogens with one attached hydrogen (secondary N) is 1. The highest BCUT2D eigenvalue weighted by Gasteiger charge is 2.21. The molecule has 1 aliphatic rings. The number of rotatable bonds is 5. The molecule has 3 nitrogen and oxygen atoms in total. The SMILES string of the molecule is Cc1ccc(CCC(=O)NCC2CCCCC2N)cc1. The fourth-order valence-electron chi connectivity index (χ4n) is 2.84. The molecule has 2 rings (SSSR count). The van der Waals surface area contributed by atoms with Gasteiger partial charge in [-0.2, -0.15) is 0 Å². The van der Waals surface area contributed by atoms with E-state index in [4.69, 9.17) is 5.73 Å². The third-order valence-electron chi connectivity index (χ3n) is 4.29. The van der Waals surface area contributed by atoms with Crippen LogP contribution in [0, 0.1) is 12.8 Å². The quantitative estimate of drug-likeness (QED) is 0.867. The molecule has 110 valence electrons. The molecule has 3 N–H and O–H groups in total. The molecule has 0 spiro atoms. The van der Waals surface area contributed by atoms with Crippen LogP contribution in [0.2, 0.25) is 0 Å². The van der Waals surface area contributed by atoms with Crippen LogP contribution in [-0.4, -0.2) is 18.5 Å². The van der Waals surface area contributed by atoms with Gasteiger partial charge >= 0.3 is 0 Å². The van der Waals surface area contributed by atoms with Crippen LogP contribution in [0.25, 0.3) is 0 Å². The molecule has 0 saturated heterocycles. The normalized spacial score (nSPS) is 22.5. The van der Waals surface area contributed by atoms with Crippen LogP contribution in [0.4, 0.5) is 0 Å². The summed E-state index contributed by atoms with van der Waals surface area (Å²) in [6.07, 6.45) is 6.10. The monoisotopic (exact) mass is 274 g/mol. The van der Waals surface area contributed by atoms with Gasteiger partial charge in [0, 0.05) is 19.0 Å². The van der Waals surface area contributed by atoms with Gasteiger partial charge in [0.25, 0.3) is 0 Å². The van der Waals surface area contributed by atoms with Crippen LogP contribution in [0.5, 0.6) is 0 Å². The molecule has 1 amide bonds. The second-order valence-corrected chi connectivity index (χ2v) is 6.00. The van der Waals surface area contributed by atoms with Crippen molar-refractivity contribution in [2.75, 3.05) is 6.54 Å². The van der Waals surface area contributed by atoms with E-state index in [0.29, 0.717) is 12.3 Å². The Balaban J connectivity index is 1.68. The van der Waals surface area contributed by atoms with Gasteiger partial charge in [-0.1, -0.05) is 42.7 Å². The summed E-state index contributed by atoms with van der Waals surface area (Å²) < 4.78 is 0. The number of hydrogen-bond acceptors (Lipinski definition) is 2. The molecular formula is C17H26N2O. The molecule has 1 aromatic carbocycles. The summed E-state index contributed by atoms with van der Waals surface area (Å²) in [5.74, 6) is 0.607. The molecule has 2 atom stereocenters. The zero-order valence-corrected chi connectivity index (χ0v) is 12.4. The minimum absolute atomic E-state index is 0.142. The third-order valence-corrected chi connectivity index (χ3v) is 4.29. The van der Waals surface area contributed by atoms with Gasteiger partial charge in [-0.3, -0.25) is 4.79 Å². The summed E-state index contributed by atoms with van der Waals surface area (Å²) in [4.78, 5) is 11.9. The largest absolute Gasteiger partial charge is 0.356 e. The van der Waals surface area contributed by atoms with Crippen molar-refractivity contribution in [2.24, 2.45) is 11.7 Å². The zero-order chi connectivity index (χ0) is 14.4. The van der Waals surface area contributed by atoms with E-state index in [1.165, 1.54) is 24.0 Å². The number of hydrogen-bond donors (Lipinski definition) is 2. The van der Waals surface area contributed by atoms with E-state index >= 15 is 0 Å². The van der Waals surface area contributed by atoms with Gasteiger partial charge in [0.15, 0.2) is 0 Å². The average molecular weight is 274 g/mol. The van der Waals surface area contributed by atoms with Crippen LogP contribution >= 0.6 is 0 Å². The predicted molar refractivity (Wildman–Crippen MR) is 82.4 cm³/mol. The van der Waals surface area contributed by atoms with E-state index in [-0.39, 0.29) is 11.9 Å². The van der Waals surface area contributed by atoms with E-state index < -0.39 is 0 Å². The van der Waals surface area contributed by atoms with Gasteiger partial charge < -0.3 is 11.1 Å². The molecule has 0 heterocycles. The first-order valence-corrected chi connectivity index (χ1v) is 7.73. The van der Waals surface area contributed by atoms with Gasteiger partial charge in [0.1, 0.15) is 0 Å². The van der Waals surface area contributed by atoms with Crippen molar-refractivity contribution >= 4 is 5.91 Å². The Labute approximate surface area is 121 Å². The van der Waals surface area contributed by atoms with Gasteiger partial charge in [0.05, 0.1) is 0 Å². The molecular weight excluding hydrogens is 248 g/mol. The summed E-state index contributed by atoms with van der Waals surface area (Å²) in [5.41, 5.74) is 8.57. The fourth-order valence-corrected chi connectivity index (χ4v) is 2.84. The maximum absolute atomic E-state index is 11.9. The van der Waals surface area contributed by atoms with E-state index in [0.717, 1.165) is 25.8 Å². The smallest absolute Gasteiger partial charge is 0.220 e. The molecule has 0 radical (unpaired) electrons. The summed E-state index contributed by atoms with van der Waals surface area (Å²) >= 11 is 0. The molecule has 1 aromatic rings. The lowest BCUT2D eigenvalue weighted by atomic mass is 9.85. The topological polar surface area (TPSA) is 55.1 Å². The maximum Gasteiger partial charge on any atom is 0.220 e. The Morgan fingerprint density at radius 1 is 1.25 bits per heavy atom. The highest BCUT2D eigenvalue weighted by molar-refractivity contribution is 5.76. The van der Waals surface area contributed by atoms with Crippen molar-refractivity contribution in [3.05, 3.63) is 35.4 Å². The van der Waals surface area contributed by atoms with Crippen LogP contribution in [0.3, 0.4) is 0 Å². The van der Waals surface area contributed by atoms with E-state index in [2.05, 4.69) is 36.5 Å². The minimum Gasteiger partial charge on any atom is -0.356 e. The lowest BCUT2D eigenvalue weighted by Gasteiger charge is -2.28. The van der Waals surface area contributed by atoms with E-state index in [9.17, 15) is 4.79 Å². The van der Waals surface area contributed by atoms with Crippen molar-refractivity contribution in [3.8, 4) is 0 Å². The molecule has 1 saturated carbocycles. The van der Waals surface area contributed by atoms with Crippen LogP contribution in [0.1, 0.15) is 43.2 Å². The number of amides is 1. The van der Waals surface area contributed by atoms with E-state index in [1.54, 1.807) is 0 Å². The predicted octanol–water partition coefficient (Wildman–Crippen LogP) is 2.56. The molecule has 2 unspecified atom stereocenters. The molecule has 3 heteroatoms. The lowest BCUT2D eigenvalue weighted by molar-refractivity contribution is -0.121. The first-order valence-electron chi connectivity index (χ1n) is 7.73. The Morgan fingerprint density at radius 3 is 2.65 bits per heavy atom. The lowest BCUT2D eigenvalue weighted by Crippen LogP contribution is -2.41. The summed E-state index contributed by atoms with van der Waals surface area (Å²) in [6.45, 7) is 2.82. The minimum atomic E-state index is 0.142. The highest BCUT2D eigenvalue weighted by atomic mass is 16.1. The van der Waals surface area contributed by atoms with Gasteiger partial charge in [-0.05, 0) is 37.7 Å². The van der Waals surface area contributed by atoms with Gasteiger partial charge in [0.2, 0.25) is 5.91 Å². The van der Waals surface area contributed by atoms with Crippen molar-refractivity contribution in [2.45, 2.75) is 51.5 Å². The number of carbonyl (C=O) groups excluding carboxylic acids is 1. The molecule has 20 heavy (non-hydrogen) atoms. The van der Waals surface area contributed by atoms with Crippen molar-refractivity contribution in [1.82, 2.24) is 5.32 Å². The van der Waals surface area contributed by atoms with Crippen molar-refractivity contribution < 1.29 is 4.79 Å². The van der Waals surface area contributed by atoms with Crippen molar-refractivity contribution in [3.63, 3.8) is 0 Å². The van der Waals surface area contributed by atoms with Crippen LogP contribution < -0.4 is 11.1 Å². The Morgan fingerprint density at radius 2 is 1.95 bits per heavy atom. The molecule has 0 aromatic heterocycles. The Kier molecular flexibility index (Phi) is 5.60. The Bertz CT molecular complexity index is 427. The van der Waals surface area contributed by atoms with Crippen LogP contribution in [0.15, 0.2) is 24.3 Å². The van der Waals surface area contributed by atoms with Gasteiger partial charge in [-0.25, -0.2) is 0 Å². The highest BCUT2D eigenvalue weighted by Crippen LogP contribution is 2.22. The Hall–Kier alpha value is -1.35. The molecule has 1 fully saturated rings. The first-order chi connectivity index (χ1) is 9.65. The number of benzene rings is 1. The van der Waals surface area contributed by atoms with E-state index in [1.807, 2.05) is 0 Å². The second-order valence-electron chi connectivity index (χ2n) is 6.00. The summed E-state index contributed by atoms with van der Waals surface area (Å²) in [7, 11) is 0. The standard InChI is InChI=1S/C17H26N2O/c1-13-6-8-14(9-7-13)10-11-17(20)19-12-15-4-2-3-5-16(15)18/h6-9,15-16H,2-5,10-12,18H2,1H3,(H,19,20).